The number of hydrogen-bond acceptors (Lipinski definition) is 3. The predicted molar refractivity (Wildman–Crippen MR) is 68.7 cm³/mol. The second-order valence-electron chi connectivity index (χ2n) is 3.44. The van der Waals surface area contributed by atoms with Crippen molar-refractivity contribution in [2.24, 2.45) is 0 Å². The maximum Gasteiger partial charge on any atom is 0.151 e. The largest absolute Gasteiger partial charge is 0.267 e. The van der Waals surface area contributed by atoms with E-state index in [0.29, 0.717) is 6.54 Å². The quantitative estimate of drug-likeness (QED) is 0.780. The third-order valence-electron chi connectivity index (χ3n) is 2.35. The second kappa shape index (κ2) is 4.82. The molecule has 1 aromatic rings. The SMILES string of the molecule is CCS(=O)(=O)CCn1nc(C)c(I)c1C. The Morgan fingerprint density at radius 3 is 2.40 bits per heavy atom. The molecule has 0 bridgehead atoms. The molecule has 0 saturated heterocycles. The van der Waals surface area contributed by atoms with Gasteiger partial charge in [0.1, 0.15) is 0 Å². The molecule has 1 heterocycles. The van der Waals surface area contributed by atoms with Crippen LogP contribution >= 0.6 is 22.6 Å². The third kappa shape index (κ3) is 3.17. The highest BCUT2D eigenvalue weighted by molar-refractivity contribution is 14.1. The molecule has 4 nitrogen and oxygen atoms in total. The van der Waals surface area contributed by atoms with Gasteiger partial charge in [0.25, 0.3) is 0 Å². The van der Waals surface area contributed by atoms with E-state index in [1.165, 1.54) is 0 Å². The Kier molecular flexibility index (Phi) is 4.16. The third-order valence-corrected chi connectivity index (χ3v) is 5.59. The van der Waals surface area contributed by atoms with Crippen LogP contribution in [-0.4, -0.2) is 29.7 Å². The smallest absolute Gasteiger partial charge is 0.151 e. The molecule has 1 rings (SSSR count). The number of aromatic nitrogens is 2. The van der Waals surface area contributed by atoms with Crippen molar-refractivity contribution in [3.05, 3.63) is 15.0 Å². The summed E-state index contributed by atoms with van der Waals surface area (Å²) in [5.41, 5.74) is 2.00. The van der Waals surface area contributed by atoms with Crippen molar-refractivity contribution >= 4 is 32.4 Å². The Bertz CT molecular complexity index is 451. The average molecular weight is 342 g/mol. The number of rotatable bonds is 4. The molecule has 0 aliphatic heterocycles. The molecule has 1 aromatic heterocycles. The molecule has 0 aromatic carbocycles. The monoisotopic (exact) mass is 342 g/mol. The maximum atomic E-state index is 11.3. The molecule has 0 unspecified atom stereocenters. The number of hydrogen-bond donors (Lipinski definition) is 0. The summed E-state index contributed by atoms with van der Waals surface area (Å²) in [6, 6.07) is 0. The number of halogens is 1. The summed E-state index contributed by atoms with van der Waals surface area (Å²) in [4.78, 5) is 0. The van der Waals surface area contributed by atoms with Gasteiger partial charge in [-0.1, -0.05) is 6.92 Å². The van der Waals surface area contributed by atoms with E-state index in [2.05, 4.69) is 27.7 Å². The van der Waals surface area contributed by atoms with Gasteiger partial charge in [-0.05, 0) is 36.4 Å². The van der Waals surface area contributed by atoms with Crippen molar-refractivity contribution in [3.8, 4) is 0 Å². The second-order valence-corrected chi connectivity index (χ2v) is 7.00. The van der Waals surface area contributed by atoms with Crippen molar-refractivity contribution in [1.82, 2.24) is 9.78 Å². The number of sulfone groups is 1. The standard InChI is InChI=1S/C9H15IN2O2S/c1-4-15(13,14)6-5-12-8(3)9(10)7(2)11-12/h4-6H2,1-3H3. The minimum Gasteiger partial charge on any atom is -0.267 e. The summed E-state index contributed by atoms with van der Waals surface area (Å²) < 4.78 is 25.5. The molecule has 0 spiro atoms. The fraction of sp³-hybridized carbons (Fsp3) is 0.667. The van der Waals surface area contributed by atoms with E-state index in [1.807, 2.05) is 13.8 Å². The Labute approximate surface area is 104 Å². The normalized spacial score (nSPS) is 12.0. The van der Waals surface area contributed by atoms with Crippen LogP contribution < -0.4 is 0 Å². The van der Waals surface area contributed by atoms with Crippen LogP contribution in [0.5, 0.6) is 0 Å². The lowest BCUT2D eigenvalue weighted by atomic mass is 10.4. The van der Waals surface area contributed by atoms with E-state index in [9.17, 15) is 8.42 Å². The van der Waals surface area contributed by atoms with E-state index in [4.69, 9.17) is 0 Å². The van der Waals surface area contributed by atoms with Crippen LogP contribution in [0.25, 0.3) is 0 Å². The lowest BCUT2D eigenvalue weighted by molar-refractivity contribution is 0.577. The zero-order valence-corrected chi connectivity index (χ0v) is 12.1. The van der Waals surface area contributed by atoms with E-state index in [0.717, 1.165) is 15.0 Å². The van der Waals surface area contributed by atoms with Crippen molar-refractivity contribution in [2.45, 2.75) is 27.3 Å². The first kappa shape index (κ1) is 13.0. The van der Waals surface area contributed by atoms with Crippen molar-refractivity contribution in [2.75, 3.05) is 11.5 Å². The number of aryl methyl sites for hydroxylation is 2. The molecule has 0 saturated carbocycles. The molecular formula is C9H15IN2O2S. The lowest BCUT2D eigenvalue weighted by Crippen LogP contribution is -2.16. The predicted octanol–water partition coefficient (Wildman–Crippen LogP) is 1.54. The van der Waals surface area contributed by atoms with Crippen molar-refractivity contribution in [1.29, 1.82) is 0 Å². The maximum absolute atomic E-state index is 11.3. The van der Waals surface area contributed by atoms with Crippen LogP contribution in [0.1, 0.15) is 18.3 Å². The zero-order valence-electron chi connectivity index (χ0n) is 9.12. The van der Waals surface area contributed by atoms with Gasteiger partial charge in [-0.2, -0.15) is 5.10 Å². The first-order valence-electron chi connectivity index (χ1n) is 4.77. The summed E-state index contributed by atoms with van der Waals surface area (Å²) in [6.07, 6.45) is 0. The van der Waals surface area contributed by atoms with E-state index >= 15 is 0 Å². The van der Waals surface area contributed by atoms with Crippen LogP contribution in [0.15, 0.2) is 0 Å². The van der Waals surface area contributed by atoms with Gasteiger partial charge >= 0.3 is 0 Å². The summed E-state index contributed by atoms with van der Waals surface area (Å²) >= 11 is 2.23. The topological polar surface area (TPSA) is 52.0 Å². The highest BCUT2D eigenvalue weighted by Gasteiger charge is 2.12. The van der Waals surface area contributed by atoms with Crippen LogP contribution in [0, 0.1) is 17.4 Å². The van der Waals surface area contributed by atoms with E-state index in [1.54, 1.807) is 11.6 Å². The van der Waals surface area contributed by atoms with Gasteiger partial charge in [0.2, 0.25) is 0 Å². The summed E-state index contributed by atoms with van der Waals surface area (Å²) in [5.74, 6) is 0.366. The number of nitrogens with zero attached hydrogens (tertiary/aromatic N) is 2. The minimum atomic E-state index is -2.90. The van der Waals surface area contributed by atoms with Crippen LogP contribution in [-0.2, 0) is 16.4 Å². The molecular weight excluding hydrogens is 327 g/mol. The van der Waals surface area contributed by atoms with Gasteiger partial charge in [-0.25, -0.2) is 8.42 Å². The molecule has 0 aliphatic rings. The summed E-state index contributed by atoms with van der Waals surface area (Å²) in [6.45, 7) is 6.01. The lowest BCUT2D eigenvalue weighted by Gasteiger charge is -2.04. The first-order valence-corrected chi connectivity index (χ1v) is 7.67. The summed E-state index contributed by atoms with van der Waals surface area (Å²) in [7, 11) is -2.90. The van der Waals surface area contributed by atoms with Crippen LogP contribution in [0.2, 0.25) is 0 Å². The first-order chi connectivity index (χ1) is 6.87. The van der Waals surface area contributed by atoms with Gasteiger partial charge < -0.3 is 0 Å². The van der Waals surface area contributed by atoms with Gasteiger partial charge in [0, 0.05) is 11.4 Å². The van der Waals surface area contributed by atoms with Gasteiger partial charge in [-0.15, -0.1) is 0 Å². The van der Waals surface area contributed by atoms with Gasteiger partial charge in [-0.3, -0.25) is 4.68 Å². The minimum absolute atomic E-state index is 0.168. The Balaban J connectivity index is 2.79. The molecule has 86 valence electrons. The van der Waals surface area contributed by atoms with Crippen molar-refractivity contribution in [3.63, 3.8) is 0 Å². The van der Waals surface area contributed by atoms with E-state index in [-0.39, 0.29) is 11.5 Å². The fourth-order valence-electron chi connectivity index (χ4n) is 1.26. The highest BCUT2D eigenvalue weighted by Crippen LogP contribution is 2.15. The highest BCUT2D eigenvalue weighted by atomic mass is 127. The van der Waals surface area contributed by atoms with Gasteiger partial charge in [0.15, 0.2) is 9.84 Å². The molecule has 6 heteroatoms. The molecule has 0 atom stereocenters. The summed E-state index contributed by atoms with van der Waals surface area (Å²) in [5, 5.41) is 4.29. The average Bonchev–Trinajstić information content (AvgIpc) is 2.43. The molecule has 0 N–H and O–H groups in total. The van der Waals surface area contributed by atoms with Gasteiger partial charge in [0.05, 0.1) is 21.6 Å². The Morgan fingerprint density at radius 1 is 1.40 bits per heavy atom. The Hall–Kier alpha value is -0.110. The molecule has 0 radical (unpaired) electrons. The fourth-order valence-corrected chi connectivity index (χ4v) is 2.39. The van der Waals surface area contributed by atoms with E-state index < -0.39 is 9.84 Å². The zero-order chi connectivity index (χ0) is 11.6. The molecule has 0 aliphatic carbocycles. The Morgan fingerprint density at radius 2 is 2.00 bits per heavy atom. The molecule has 0 amide bonds. The molecule has 15 heavy (non-hydrogen) atoms. The van der Waals surface area contributed by atoms with Crippen LogP contribution in [0.3, 0.4) is 0 Å². The van der Waals surface area contributed by atoms with Crippen LogP contribution in [0.4, 0.5) is 0 Å². The molecule has 0 fully saturated rings. The van der Waals surface area contributed by atoms with Crippen molar-refractivity contribution < 1.29 is 8.42 Å².